The van der Waals surface area contributed by atoms with Crippen molar-refractivity contribution in [1.82, 2.24) is 20.0 Å². The largest absolute Gasteiger partial charge is 0.349 e. The maximum Gasteiger partial charge on any atom is 0.270 e. The van der Waals surface area contributed by atoms with E-state index in [9.17, 15) is 9.18 Å². The van der Waals surface area contributed by atoms with Gasteiger partial charge in [-0.05, 0) is 80.9 Å². The van der Waals surface area contributed by atoms with Gasteiger partial charge in [0.25, 0.3) is 5.91 Å². The lowest BCUT2D eigenvalue weighted by atomic mass is 10.1. The lowest BCUT2D eigenvalue weighted by Crippen LogP contribution is -2.34. The Hall–Kier alpha value is -2.99. The summed E-state index contributed by atoms with van der Waals surface area (Å²) in [5.41, 5.74) is 3.78. The maximum absolute atomic E-state index is 13.3. The summed E-state index contributed by atoms with van der Waals surface area (Å²) >= 11 is 0. The highest BCUT2D eigenvalue weighted by Crippen LogP contribution is 2.22. The highest BCUT2D eigenvalue weighted by Gasteiger charge is 2.18. The Morgan fingerprint density at radius 3 is 2.59 bits per heavy atom. The molecule has 1 aliphatic rings. The fraction of sp³-hybridized carbons (Fsp3) is 0.304. The molecule has 6 heteroatoms. The van der Waals surface area contributed by atoms with Gasteiger partial charge in [0, 0.05) is 18.7 Å². The second-order valence-corrected chi connectivity index (χ2v) is 7.48. The number of hydrogen-bond acceptors (Lipinski definition) is 3. The van der Waals surface area contributed by atoms with Gasteiger partial charge in [0.1, 0.15) is 11.5 Å². The molecule has 1 fully saturated rings. The normalized spacial score (nSPS) is 14.3. The molecule has 5 nitrogen and oxygen atoms in total. The molecule has 0 bridgehead atoms. The van der Waals surface area contributed by atoms with E-state index < -0.39 is 0 Å². The van der Waals surface area contributed by atoms with Crippen molar-refractivity contribution in [3.8, 4) is 16.9 Å². The van der Waals surface area contributed by atoms with Crippen LogP contribution in [0, 0.1) is 12.7 Å². The number of aromatic nitrogens is 2. The second-order valence-electron chi connectivity index (χ2n) is 7.48. The van der Waals surface area contributed by atoms with Gasteiger partial charge in [0.05, 0.1) is 11.4 Å². The highest BCUT2D eigenvalue weighted by atomic mass is 19.1. The number of halogens is 1. The SMILES string of the molecule is Cc1cccc(-n2nc(-c3ccc(F)cc3)cc2C(=O)NCCN2CCCC2)c1. The number of nitrogens with one attached hydrogen (secondary N) is 1. The summed E-state index contributed by atoms with van der Waals surface area (Å²) in [5, 5.41) is 7.67. The van der Waals surface area contributed by atoms with Crippen LogP contribution in [0.1, 0.15) is 28.9 Å². The van der Waals surface area contributed by atoms with Crippen LogP contribution < -0.4 is 5.32 Å². The van der Waals surface area contributed by atoms with Crippen molar-refractivity contribution < 1.29 is 9.18 Å². The first kappa shape index (κ1) is 19.3. The summed E-state index contributed by atoms with van der Waals surface area (Å²) in [7, 11) is 0. The monoisotopic (exact) mass is 392 g/mol. The zero-order valence-electron chi connectivity index (χ0n) is 16.6. The average molecular weight is 392 g/mol. The third-order valence-electron chi connectivity index (χ3n) is 5.24. The van der Waals surface area contributed by atoms with Gasteiger partial charge in [-0.3, -0.25) is 4.79 Å². The van der Waals surface area contributed by atoms with Crippen molar-refractivity contribution in [3.05, 3.63) is 71.7 Å². The van der Waals surface area contributed by atoms with E-state index in [2.05, 4.69) is 15.3 Å². The van der Waals surface area contributed by atoms with Crippen LogP contribution in [-0.2, 0) is 0 Å². The molecular weight excluding hydrogens is 367 g/mol. The first-order valence-corrected chi connectivity index (χ1v) is 10.0. The summed E-state index contributed by atoms with van der Waals surface area (Å²) < 4.78 is 15.0. The molecule has 0 radical (unpaired) electrons. The van der Waals surface area contributed by atoms with Crippen LogP contribution in [0.2, 0.25) is 0 Å². The van der Waals surface area contributed by atoms with E-state index in [4.69, 9.17) is 0 Å². The Morgan fingerprint density at radius 1 is 1.10 bits per heavy atom. The number of amides is 1. The van der Waals surface area contributed by atoms with Gasteiger partial charge in [-0.1, -0.05) is 12.1 Å². The van der Waals surface area contributed by atoms with Crippen molar-refractivity contribution in [3.63, 3.8) is 0 Å². The molecule has 0 atom stereocenters. The summed E-state index contributed by atoms with van der Waals surface area (Å²) in [6, 6.07) is 15.8. The fourth-order valence-corrected chi connectivity index (χ4v) is 3.69. The molecule has 1 aliphatic heterocycles. The van der Waals surface area contributed by atoms with Crippen LogP contribution >= 0.6 is 0 Å². The maximum atomic E-state index is 13.3. The Labute approximate surface area is 170 Å². The molecule has 1 saturated heterocycles. The average Bonchev–Trinajstić information content (AvgIpc) is 3.38. The molecule has 0 saturated carbocycles. The summed E-state index contributed by atoms with van der Waals surface area (Å²) in [4.78, 5) is 15.3. The number of aryl methyl sites for hydroxylation is 1. The zero-order valence-corrected chi connectivity index (χ0v) is 16.6. The quantitative estimate of drug-likeness (QED) is 0.694. The molecule has 1 aromatic heterocycles. The van der Waals surface area contributed by atoms with Crippen LogP contribution in [0.25, 0.3) is 16.9 Å². The van der Waals surface area contributed by atoms with E-state index >= 15 is 0 Å². The minimum absolute atomic E-state index is 0.161. The minimum Gasteiger partial charge on any atom is -0.349 e. The zero-order chi connectivity index (χ0) is 20.2. The van der Waals surface area contributed by atoms with Crippen molar-refractivity contribution in [2.45, 2.75) is 19.8 Å². The van der Waals surface area contributed by atoms with Crippen LogP contribution in [0.5, 0.6) is 0 Å². The molecule has 2 heterocycles. The van der Waals surface area contributed by atoms with E-state index in [1.807, 2.05) is 31.2 Å². The first-order chi connectivity index (χ1) is 14.1. The number of rotatable bonds is 6. The van der Waals surface area contributed by atoms with E-state index in [1.54, 1.807) is 22.9 Å². The fourth-order valence-electron chi connectivity index (χ4n) is 3.69. The van der Waals surface area contributed by atoms with Gasteiger partial charge >= 0.3 is 0 Å². The Balaban J connectivity index is 1.61. The van der Waals surface area contributed by atoms with Gasteiger partial charge in [-0.25, -0.2) is 9.07 Å². The lowest BCUT2D eigenvalue weighted by molar-refractivity contribution is 0.0942. The molecule has 3 aromatic rings. The Kier molecular flexibility index (Phi) is 5.71. The molecule has 0 unspecified atom stereocenters. The molecule has 1 N–H and O–H groups in total. The van der Waals surface area contributed by atoms with Crippen LogP contribution in [0.3, 0.4) is 0 Å². The first-order valence-electron chi connectivity index (χ1n) is 10.0. The number of benzene rings is 2. The van der Waals surface area contributed by atoms with E-state index in [1.165, 1.54) is 25.0 Å². The highest BCUT2D eigenvalue weighted by molar-refractivity contribution is 5.94. The molecule has 1 amide bonds. The third kappa shape index (κ3) is 4.54. The van der Waals surface area contributed by atoms with E-state index in [0.717, 1.165) is 36.4 Å². The smallest absolute Gasteiger partial charge is 0.270 e. The van der Waals surface area contributed by atoms with Crippen LogP contribution in [0.15, 0.2) is 54.6 Å². The second kappa shape index (κ2) is 8.57. The number of hydrogen-bond donors (Lipinski definition) is 1. The molecule has 150 valence electrons. The summed E-state index contributed by atoms with van der Waals surface area (Å²) in [5.74, 6) is -0.460. The molecule has 0 aliphatic carbocycles. The van der Waals surface area contributed by atoms with Gasteiger partial charge in [0.15, 0.2) is 0 Å². The van der Waals surface area contributed by atoms with Crippen molar-refractivity contribution in [2.75, 3.05) is 26.2 Å². The Morgan fingerprint density at radius 2 is 1.86 bits per heavy atom. The van der Waals surface area contributed by atoms with Crippen LogP contribution in [-0.4, -0.2) is 46.8 Å². The minimum atomic E-state index is -0.299. The standard InChI is InChI=1S/C23H25FN4O/c1-17-5-4-6-20(15-17)28-22(23(29)25-11-14-27-12-2-3-13-27)16-21(26-28)18-7-9-19(24)10-8-18/h4-10,15-16H,2-3,11-14H2,1H3,(H,25,29). The molecule has 0 spiro atoms. The van der Waals surface area contributed by atoms with Crippen molar-refractivity contribution in [2.24, 2.45) is 0 Å². The van der Waals surface area contributed by atoms with Gasteiger partial charge in [-0.2, -0.15) is 5.10 Å². The summed E-state index contributed by atoms with van der Waals surface area (Å²) in [6.45, 7) is 5.67. The predicted molar refractivity (Wildman–Crippen MR) is 112 cm³/mol. The number of nitrogens with zero attached hydrogens (tertiary/aromatic N) is 3. The summed E-state index contributed by atoms with van der Waals surface area (Å²) in [6.07, 6.45) is 2.46. The van der Waals surface area contributed by atoms with Gasteiger partial charge < -0.3 is 10.2 Å². The van der Waals surface area contributed by atoms with Crippen molar-refractivity contribution >= 4 is 5.91 Å². The topological polar surface area (TPSA) is 50.2 Å². The number of carbonyl (C=O) groups is 1. The third-order valence-corrected chi connectivity index (χ3v) is 5.24. The molecule has 2 aromatic carbocycles. The number of likely N-dealkylation sites (tertiary alicyclic amines) is 1. The number of carbonyl (C=O) groups excluding carboxylic acids is 1. The lowest BCUT2D eigenvalue weighted by Gasteiger charge is -2.15. The van der Waals surface area contributed by atoms with Crippen LogP contribution in [0.4, 0.5) is 4.39 Å². The Bertz CT molecular complexity index is 990. The predicted octanol–water partition coefficient (Wildman–Crippen LogP) is 3.81. The molecular formula is C23H25FN4O. The van der Waals surface area contributed by atoms with Crippen molar-refractivity contribution in [1.29, 1.82) is 0 Å². The van der Waals surface area contributed by atoms with E-state index in [-0.39, 0.29) is 11.7 Å². The molecule has 4 rings (SSSR count). The van der Waals surface area contributed by atoms with Gasteiger partial charge in [0.2, 0.25) is 0 Å². The van der Waals surface area contributed by atoms with Gasteiger partial charge in [-0.15, -0.1) is 0 Å². The molecule has 29 heavy (non-hydrogen) atoms. The van der Waals surface area contributed by atoms with E-state index in [0.29, 0.717) is 17.9 Å².